The van der Waals surface area contributed by atoms with Gasteiger partial charge in [0, 0.05) is 131 Å². The van der Waals surface area contributed by atoms with E-state index in [4.69, 9.17) is 0 Å². The molecule has 4 radical (unpaired) electrons. The third-order valence-corrected chi connectivity index (χ3v) is 1.000. The second kappa shape index (κ2) is 59.5. The van der Waals surface area contributed by atoms with Gasteiger partial charge in [-0.15, -0.1) is 12.8 Å². The molecule has 0 saturated heterocycles. The zero-order chi connectivity index (χ0) is 8.24. The minimum absolute atomic E-state index is 0. The first-order valence-electron chi connectivity index (χ1n) is 4.00. The second-order valence-electron chi connectivity index (χ2n) is 2.12. The van der Waals surface area contributed by atoms with Gasteiger partial charge < -0.3 is 35.1 Å². The maximum absolute atomic E-state index is 3.64. The van der Waals surface area contributed by atoms with Crippen molar-refractivity contribution in [2.45, 2.75) is 38.5 Å². The predicted molar refractivity (Wildman–Crippen MR) is 55.5 cm³/mol. The summed E-state index contributed by atoms with van der Waals surface area (Å²) >= 11 is 0. The molecule has 0 aliphatic heterocycles. The Kier molecular flexibility index (Phi) is 185. The van der Waals surface area contributed by atoms with Gasteiger partial charge in [-0.3, -0.25) is 0 Å². The van der Waals surface area contributed by atoms with Gasteiger partial charge in [0.05, 0.1) is 0 Å². The average molecular weight is 695 g/mol. The quantitative estimate of drug-likeness (QED) is 0.390. The van der Waals surface area contributed by atoms with Gasteiger partial charge in [-0.2, -0.15) is 25.7 Å². The van der Waals surface area contributed by atoms with Gasteiger partial charge in [0.15, 0.2) is 0 Å². The van der Waals surface area contributed by atoms with E-state index in [0.29, 0.717) is 0 Å². The minimum atomic E-state index is 0. The van der Waals surface area contributed by atoms with Crippen LogP contribution in [0.3, 0.4) is 0 Å². The molecule has 0 amide bonds. The minimum Gasteiger partial charge on any atom is -0.358 e. The van der Waals surface area contributed by atoms with E-state index in [1.165, 1.54) is 12.8 Å². The number of rotatable bonds is 4. The van der Waals surface area contributed by atoms with Crippen LogP contribution in [-0.4, -0.2) is 0 Å². The summed E-state index contributed by atoms with van der Waals surface area (Å²) in [5.74, 6) is 0. The monoisotopic (exact) mass is 695 g/mol. The summed E-state index contributed by atoms with van der Waals surface area (Å²) in [6, 6.07) is 0. The standard InChI is InChI=1S/2C5H10.CH3.W.4Y/c2*1-3-5-4-2;;;;;;/h2*1-5H2;1H3;;;;;/q2*-2;-1;+2;;;;. The van der Waals surface area contributed by atoms with Crippen LogP contribution in [0.2, 0.25) is 0 Å². The van der Waals surface area contributed by atoms with Gasteiger partial charge in [0.25, 0.3) is 0 Å². The second-order valence-corrected chi connectivity index (χ2v) is 2.12. The van der Waals surface area contributed by atoms with Gasteiger partial charge in [0.1, 0.15) is 0 Å². The fourth-order valence-corrected chi connectivity index (χ4v) is 0.354. The molecule has 0 fully saturated rings. The van der Waals surface area contributed by atoms with E-state index < -0.39 is 0 Å². The van der Waals surface area contributed by atoms with Gasteiger partial charge in [-0.1, -0.05) is 0 Å². The summed E-state index contributed by atoms with van der Waals surface area (Å²) in [6.45, 7) is 14.5. The van der Waals surface area contributed by atoms with Crippen LogP contribution < -0.4 is 0 Å². The molecule has 16 heavy (non-hydrogen) atoms. The molecule has 0 heterocycles. The van der Waals surface area contributed by atoms with E-state index in [0.717, 1.165) is 25.7 Å². The molecule has 0 atom stereocenters. The van der Waals surface area contributed by atoms with Crippen molar-refractivity contribution >= 4 is 0 Å². The maximum atomic E-state index is 3.64. The molecule has 0 unspecified atom stereocenters. The Hall–Kier alpha value is 5.10. The predicted octanol–water partition coefficient (Wildman–Crippen LogP) is 4.09. The Bertz CT molecular complexity index is 39.0. The Balaban J connectivity index is -0.00000000970. The van der Waals surface area contributed by atoms with Crippen molar-refractivity contribution in [3.05, 3.63) is 35.1 Å². The topological polar surface area (TPSA) is 0 Å². The molecule has 0 N–H and O–H groups in total. The van der Waals surface area contributed by atoms with E-state index in [1.54, 1.807) is 0 Å². The molecule has 0 aliphatic carbocycles. The van der Waals surface area contributed by atoms with Crippen molar-refractivity contribution in [3.8, 4) is 0 Å². The molecule has 0 aliphatic rings. The first-order chi connectivity index (χ1) is 4.83. The van der Waals surface area contributed by atoms with E-state index in [9.17, 15) is 0 Å². The van der Waals surface area contributed by atoms with Crippen molar-refractivity contribution in [3.63, 3.8) is 0 Å². The van der Waals surface area contributed by atoms with Crippen LogP contribution in [0.25, 0.3) is 0 Å². The molecule has 0 nitrogen and oxygen atoms in total. The molecule has 0 bridgehead atoms. The fourth-order valence-electron chi connectivity index (χ4n) is 0.354. The average Bonchev–Trinajstić information content (AvgIpc) is 1.93. The SMILES string of the molecule is [CH2-]CCC[CH2-].[CH2-]CCC[CH2-].[CH3-].[W+2].[Y].[Y].[Y].[Y]. The summed E-state index contributed by atoms with van der Waals surface area (Å²) in [5, 5.41) is 0. The van der Waals surface area contributed by atoms with Gasteiger partial charge >= 0.3 is 21.1 Å². The Morgan fingerprint density at radius 3 is 0.625 bits per heavy atom. The molecule has 0 rings (SSSR count). The van der Waals surface area contributed by atoms with Crippen molar-refractivity contribution in [2.75, 3.05) is 0 Å². The summed E-state index contributed by atoms with van der Waals surface area (Å²) < 4.78 is 0. The molecule has 5 heteroatoms. The largest absolute Gasteiger partial charge is 2.00 e. The molecular formula is C11H23WY4-3. The Morgan fingerprint density at radius 2 is 0.625 bits per heavy atom. The molecule has 0 aromatic rings. The van der Waals surface area contributed by atoms with Crippen LogP contribution in [0.1, 0.15) is 38.5 Å². The molecular weight excluding hydrogens is 672 g/mol. The van der Waals surface area contributed by atoms with Gasteiger partial charge in [0.2, 0.25) is 0 Å². The summed E-state index contributed by atoms with van der Waals surface area (Å²) in [5.41, 5.74) is 0. The maximum Gasteiger partial charge on any atom is 2.00 e. The fraction of sp³-hybridized carbons (Fsp3) is 0.545. The van der Waals surface area contributed by atoms with E-state index in [2.05, 4.69) is 27.7 Å². The van der Waals surface area contributed by atoms with Crippen molar-refractivity contribution in [2.24, 2.45) is 0 Å². The third-order valence-electron chi connectivity index (χ3n) is 1.000. The number of hydrogen-bond donors (Lipinski definition) is 0. The summed E-state index contributed by atoms with van der Waals surface area (Å²) in [6.07, 6.45) is 6.46. The molecule has 88 valence electrons. The van der Waals surface area contributed by atoms with Crippen LogP contribution in [0, 0.1) is 35.1 Å². The van der Waals surface area contributed by atoms with E-state index >= 15 is 0 Å². The van der Waals surface area contributed by atoms with Crippen LogP contribution in [-0.2, 0) is 152 Å². The van der Waals surface area contributed by atoms with Crippen LogP contribution in [0.5, 0.6) is 0 Å². The van der Waals surface area contributed by atoms with Crippen molar-refractivity contribution < 1.29 is 152 Å². The van der Waals surface area contributed by atoms with Crippen LogP contribution >= 0.6 is 0 Å². The van der Waals surface area contributed by atoms with Crippen molar-refractivity contribution in [1.29, 1.82) is 0 Å². The molecule has 0 spiro atoms. The van der Waals surface area contributed by atoms with Crippen molar-refractivity contribution in [1.82, 2.24) is 0 Å². The first kappa shape index (κ1) is 49.7. The molecule has 0 saturated carbocycles. The van der Waals surface area contributed by atoms with Gasteiger partial charge in [-0.05, 0) is 0 Å². The first-order valence-corrected chi connectivity index (χ1v) is 4.00. The third kappa shape index (κ3) is 75.5. The summed E-state index contributed by atoms with van der Waals surface area (Å²) in [7, 11) is 0. The van der Waals surface area contributed by atoms with Crippen LogP contribution in [0.4, 0.5) is 0 Å². The number of hydrogen-bond acceptors (Lipinski definition) is 0. The zero-order valence-electron chi connectivity index (χ0n) is 10.8. The van der Waals surface area contributed by atoms with Crippen LogP contribution in [0.15, 0.2) is 0 Å². The molecule has 0 aromatic carbocycles. The van der Waals surface area contributed by atoms with E-state index in [1.807, 2.05) is 0 Å². The zero-order valence-corrected chi connectivity index (χ0v) is 25.1. The van der Waals surface area contributed by atoms with Gasteiger partial charge in [-0.25, -0.2) is 0 Å². The smallest absolute Gasteiger partial charge is 0.358 e. The number of unbranched alkanes of at least 4 members (excludes halogenated alkanes) is 4. The summed E-state index contributed by atoms with van der Waals surface area (Å²) in [4.78, 5) is 0. The Labute approximate surface area is 220 Å². The van der Waals surface area contributed by atoms with E-state index in [-0.39, 0.29) is 159 Å². The molecule has 0 aromatic heterocycles. The normalized spacial score (nSPS) is 5.25. The Morgan fingerprint density at radius 1 is 0.500 bits per heavy atom.